The molecule has 0 bridgehead atoms. The van der Waals surface area contributed by atoms with Crippen LogP contribution < -0.4 is 11.1 Å². The van der Waals surface area contributed by atoms with Crippen LogP contribution >= 0.6 is 11.3 Å². The fraction of sp³-hybridized carbons (Fsp3) is 0.200. The number of nitrogens with two attached hydrogens (primary N) is 1. The molecule has 2 aromatic heterocycles. The quantitative estimate of drug-likeness (QED) is 0.817. The molecule has 78 valence electrons. The van der Waals surface area contributed by atoms with Gasteiger partial charge in [-0.1, -0.05) is 6.07 Å². The molecule has 5 heteroatoms. The minimum Gasteiger partial charge on any atom is -0.368 e. The number of nitrogens with one attached hydrogen (secondary N) is 1. The highest BCUT2D eigenvalue weighted by Crippen LogP contribution is 2.07. The van der Waals surface area contributed by atoms with Crippen LogP contribution in [0.25, 0.3) is 0 Å². The third kappa shape index (κ3) is 3.00. The molecule has 15 heavy (non-hydrogen) atoms. The summed E-state index contributed by atoms with van der Waals surface area (Å²) < 4.78 is 0. The van der Waals surface area contributed by atoms with E-state index in [0.717, 1.165) is 18.7 Å². The molecule has 0 unspecified atom stereocenters. The lowest BCUT2D eigenvalue weighted by atomic mass is 10.3. The van der Waals surface area contributed by atoms with E-state index in [2.05, 4.69) is 26.7 Å². The average molecular weight is 220 g/mol. The Hall–Kier alpha value is -1.46. The Labute approximate surface area is 92.2 Å². The number of hydrogen-bond acceptors (Lipinski definition) is 5. The predicted molar refractivity (Wildman–Crippen MR) is 61.3 cm³/mol. The van der Waals surface area contributed by atoms with Crippen LogP contribution in [0.5, 0.6) is 0 Å². The van der Waals surface area contributed by atoms with Gasteiger partial charge < -0.3 is 11.1 Å². The second-order valence-electron chi connectivity index (χ2n) is 3.13. The molecule has 0 fully saturated rings. The number of rotatable bonds is 4. The largest absolute Gasteiger partial charge is 0.368 e. The first-order valence-corrected chi connectivity index (χ1v) is 5.52. The minimum atomic E-state index is 0.317. The zero-order chi connectivity index (χ0) is 10.5. The Morgan fingerprint density at radius 1 is 1.27 bits per heavy atom. The molecule has 0 aromatic carbocycles. The summed E-state index contributed by atoms with van der Waals surface area (Å²) in [5, 5.41) is 5.39. The fourth-order valence-corrected chi connectivity index (χ4v) is 1.87. The van der Waals surface area contributed by atoms with Gasteiger partial charge in [-0.3, -0.25) is 0 Å². The van der Waals surface area contributed by atoms with E-state index in [9.17, 15) is 0 Å². The molecular weight excluding hydrogens is 208 g/mol. The third-order valence-corrected chi connectivity index (χ3v) is 2.81. The monoisotopic (exact) mass is 220 g/mol. The van der Waals surface area contributed by atoms with Gasteiger partial charge in [0.25, 0.3) is 0 Å². The number of nitrogens with zero attached hydrogens (tertiary/aromatic N) is 2. The van der Waals surface area contributed by atoms with Gasteiger partial charge in [0.05, 0.1) is 0 Å². The topological polar surface area (TPSA) is 63.8 Å². The predicted octanol–water partition coefficient (Wildman–Crippen LogP) is 1.41. The van der Waals surface area contributed by atoms with Crippen LogP contribution in [0.1, 0.15) is 10.4 Å². The van der Waals surface area contributed by atoms with Gasteiger partial charge in [0.2, 0.25) is 5.95 Å². The molecular formula is C10H12N4S. The summed E-state index contributed by atoms with van der Waals surface area (Å²) in [5.74, 6) is 0.317. The van der Waals surface area contributed by atoms with E-state index in [1.54, 1.807) is 23.7 Å². The van der Waals surface area contributed by atoms with Crippen molar-refractivity contribution in [2.75, 3.05) is 5.73 Å². The third-order valence-electron chi connectivity index (χ3n) is 1.93. The molecule has 3 N–H and O–H groups in total. The lowest BCUT2D eigenvalue weighted by molar-refractivity contribution is 0.696. The Morgan fingerprint density at radius 2 is 2.07 bits per heavy atom. The second kappa shape index (κ2) is 4.86. The first-order chi connectivity index (χ1) is 7.34. The van der Waals surface area contributed by atoms with Gasteiger partial charge in [0.1, 0.15) is 0 Å². The summed E-state index contributed by atoms with van der Waals surface area (Å²) >= 11 is 1.75. The van der Waals surface area contributed by atoms with Crippen molar-refractivity contribution in [3.05, 3.63) is 40.3 Å². The first kappa shape index (κ1) is 10.1. The van der Waals surface area contributed by atoms with Gasteiger partial charge in [-0.25, -0.2) is 9.97 Å². The molecule has 0 aliphatic carbocycles. The summed E-state index contributed by atoms with van der Waals surface area (Å²) in [6, 6.07) is 4.16. The number of anilines is 1. The minimum absolute atomic E-state index is 0.317. The smallest absolute Gasteiger partial charge is 0.219 e. The second-order valence-corrected chi connectivity index (χ2v) is 4.16. The van der Waals surface area contributed by atoms with Crippen molar-refractivity contribution in [2.45, 2.75) is 13.1 Å². The molecule has 0 aliphatic heterocycles. The van der Waals surface area contributed by atoms with E-state index in [1.165, 1.54) is 4.88 Å². The van der Waals surface area contributed by atoms with Crippen LogP contribution in [0.2, 0.25) is 0 Å². The average Bonchev–Trinajstić information content (AvgIpc) is 2.74. The molecule has 0 radical (unpaired) electrons. The lowest BCUT2D eigenvalue weighted by Gasteiger charge is -2.02. The molecule has 4 nitrogen and oxygen atoms in total. The Bertz CT molecular complexity index is 396. The van der Waals surface area contributed by atoms with Crippen LogP contribution in [0.15, 0.2) is 29.9 Å². The van der Waals surface area contributed by atoms with E-state index in [1.807, 2.05) is 6.07 Å². The van der Waals surface area contributed by atoms with E-state index in [-0.39, 0.29) is 0 Å². The summed E-state index contributed by atoms with van der Waals surface area (Å²) in [6.45, 7) is 1.64. The summed E-state index contributed by atoms with van der Waals surface area (Å²) in [4.78, 5) is 9.17. The highest BCUT2D eigenvalue weighted by atomic mass is 32.1. The van der Waals surface area contributed by atoms with Crippen molar-refractivity contribution in [1.29, 1.82) is 0 Å². The fourth-order valence-electron chi connectivity index (χ4n) is 1.20. The van der Waals surface area contributed by atoms with Crippen molar-refractivity contribution in [3.63, 3.8) is 0 Å². The zero-order valence-electron chi connectivity index (χ0n) is 8.18. The lowest BCUT2D eigenvalue weighted by Crippen LogP contribution is -2.12. The summed E-state index contributed by atoms with van der Waals surface area (Å²) in [5.41, 5.74) is 6.43. The molecule has 0 spiro atoms. The van der Waals surface area contributed by atoms with Crippen molar-refractivity contribution >= 4 is 17.3 Å². The van der Waals surface area contributed by atoms with Gasteiger partial charge in [0.15, 0.2) is 0 Å². The maximum absolute atomic E-state index is 5.39. The highest BCUT2D eigenvalue weighted by Gasteiger charge is 1.95. The van der Waals surface area contributed by atoms with Crippen LogP contribution in [0.3, 0.4) is 0 Å². The number of hydrogen-bond donors (Lipinski definition) is 2. The standard InChI is InChI=1S/C10H12N4S/c11-10-13-5-8(6-14-10)4-12-7-9-2-1-3-15-9/h1-3,5-6,12H,4,7H2,(H2,11,13,14). The SMILES string of the molecule is Nc1ncc(CNCc2cccs2)cn1. The molecule has 0 aliphatic rings. The van der Waals surface area contributed by atoms with Crippen LogP contribution in [-0.2, 0) is 13.1 Å². The van der Waals surface area contributed by atoms with Crippen molar-refractivity contribution in [1.82, 2.24) is 15.3 Å². The van der Waals surface area contributed by atoms with E-state index >= 15 is 0 Å². The molecule has 0 saturated heterocycles. The van der Waals surface area contributed by atoms with Crippen LogP contribution in [0, 0.1) is 0 Å². The Kier molecular flexibility index (Phi) is 3.26. The molecule has 2 aromatic rings. The number of nitrogen functional groups attached to an aromatic ring is 1. The van der Waals surface area contributed by atoms with Gasteiger partial charge in [-0.05, 0) is 11.4 Å². The molecule has 0 saturated carbocycles. The number of aromatic nitrogens is 2. The zero-order valence-corrected chi connectivity index (χ0v) is 9.00. The maximum atomic E-state index is 5.39. The summed E-state index contributed by atoms with van der Waals surface area (Å²) in [7, 11) is 0. The molecule has 0 amide bonds. The van der Waals surface area contributed by atoms with Gasteiger partial charge in [-0.15, -0.1) is 11.3 Å². The van der Waals surface area contributed by atoms with Crippen molar-refractivity contribution < 1.29 is 0 Å². The van der Waals surface area contributed by atoms with E-state index in [0.29, 0.717) is 5.95 Å². The van der Waals surface area contributed by atoms with Gasteiger partial charge in [-0.2, -0.15) is 0 Å². The van der Waals surface area contributed by atoms with Gasteiger partial charge in [0, 0.05) is 35.9 Å². The van der Waals surface area contributed by atoms with E-state index < -0.39 is 0 Å². The van der Waals surface area contributed by atoms with Crippen LogP contribution in [0.4, 0.5) is 5.95 Å². The maximum Gasteiger partial charge on any atom is 0.219 e. The normalized spacial score (nSPS) is 10.4. The van der Waals surface area contributed by atoms with Crippen molar-refractivity contribution in [2.24, 2.45) is 0 Å². The molecule has 0 atom stereocenters. The summed E-state index contributed by atoms with van der Waals surface area (Å²) in [6.07, 6.45) is 3.48. The highest BCUT2D eigenvalue weighted by molar-refractivity contribution is 7.09. The van der Waals surface area contributed by atoms with Gasteiger partial charge >= 0.3 is 0 Å². The van der Waals surface area contributed by atoms with Crippen molar-refractivity contribution in [3.8, 4) is 0 Å². The van der Waals surface area contributed by atoms with E-state index in [4.69, 9.17) is 5.73 Å². The molecule has 2 heterocycles. The number of thiophene rings is 1. The molecule has 2 rings (SSSR count). The first-order valence-electron chi connectivity index (χ1n) is 4.64. The van der Waals surface area contributed by atoms with Crippen LogP contribution in [-0.4, -0.2) is 9.97 Å². The Morgan fingerprint density at radius 3 is 2.73 bits per heavy atom. The Balaban J connectivity index is 1.81.